The number of aryl methyl sites for hydroxylation is 1. The first-order valence-electron chi connectivity index (χ1n) is 23.1. The fraction of sp³-hybridized carbons (Fsp3) is 0.551. The number of methoxy groups -OCH3 is 1. The lowest BCUT2D eigenvalue weighted by atomic mass is 9.86. The Kier molecular flexibility index (Phi) is 17.5. The van der Waals surface area contributed by atoms with Gasteiger partial charge in [-0.1, -0.05) is 25.1 Å². The largest absolute Gasteiger partial charge is 0.476 e. The molecule has 3 aliphatic heterocycles. The van der Waals surface area contributed by atoms with Gasteiger partial charge in [0.25, 0.3) is 5.56 Å². The fourth-order valence-corrected chi connectivity index (χ4v) is 10.1. The number of carbonyl (C=O) groups is 2. The molecule has 0 radical (unpaired) electrons. The Hall–Kier alpha value is -4.75. The van der Waals surface area contributed by atoms with Crippen molar-refractivity contribution in [3.63, 3.8) is 0 Å². The molecule has 2 aromatic heterocycles. The fourth-order valence-electron chi connectivity index (χ4n) is 8.53. The molecule has 5 heterocycles. The lowest BCUT2D eigenvalue weighted by Crippen LogP contribution is -2.46. The third-order valence-corrected chi connectivity index (χ3v) is 13.3. The number of fused-ring (bicyclic) bond motifs is 6. The summed E-state index contributed by atoms with van der Waals surface area (Å²) in [4.78, 5) is 46.1. The third kappa shape index (κ3) is 11.8. The van der Waals surface area contributed by atoms with Gasteiger partial charge in [0.2, 0.25) is 11.2 Å². The minimum atomic E-state index is -4.14. The van der Waals surface area contributed by atoms with E-state index in [0.29, 0.717) is 133 Å². The standard InChI is InChI=1S/C49H63N2O16P/c1-7-49(39-30-41-43-36(29-35-10-8-9-11-40(35)50-43)31-51(41)45(52)38(39)32-64-47(49)54)67-68(6,55)66-44-33(2)28-42-37(34(44)3)12-13-48(4,65-42)46(53)63-27-26-62-25-24-61-23-22-60-21-20-59-19-18-58-17-16-57-15-14-56-5/h8-11,28-30H,7,12-27,31-32H2,1-6H3/t48?,49-,68?/m0/s1. The van der Waals surface area contributed by atoms with E-state index in [1.807, 2.05) is 37.3 Å². The summed E-state index contributed by atoms with van der Waals surface area (Å²) < 4.78 is 84.0. The van der Waals surface area contributed by atoms with Crippen molar-refractivity contribution in [2.45, 2.75) is 71.3 Å². The van der Waals surface area contributed by atoms with E-state index in [1.54, 1.807) is 44.6 Å². The summed E-state index contributed by atoms with van der Waals surface area (Å²) in [5.74, 6) is -0.518. The van der Waals surface area contributed by atoms with Gasteiger partial charge in [-0.2, -0.15) is 0 Å². The molecule has 0 aliphatic carbocycles. The van der Waals surface area contributed by atoms with Crippen molar-refractivity contribution in [1.82, 2.24) is 9.55 Å². The van der Waals surface area contributed by atoms with Crippen LogP contribution in [0.1, 0.15) is 60.1 Å². The quantitative estimate of drug-likeness (QED) is 0.0337. The SMILES string of the molecule is CC[C@@]1(OP(C)(=O)Oc2c(C)cc3c(c2C)CCC(C)(C(=O)OCCOCCOCCOCCOCCOCCOCCOC)O3)C(=O)OCc2c1cc1n(c2=O)Cc2cc3ccccc3nc2-1. The molecule has 0 fully saturated rings. The van der Waals surface area contributed by atoms with Gasteiger partial charge in [0.15, 0.2) is 0 Å². The smallest absolute Gasteiger partial charge is 0.377 e. The first-order chi connectivity index (χ1) is 32.8. The van der Waals surface area contributed by atoms with Crippen LogP contribution in [0.2, 0.25) is 0 Å². The lowest BCUT2D eigenvalue weighted by Gasteiger charge is -2.38. The molecule has 18 nitrogen and oxygen atoms in total. The van der Waals surface area contributed by atoms with E-state index in [1.165, 1.54) is 6.66 Å². The van der Waals surface area contributed by atoms with E-state index >= 15 is 0 Å². The van der Waals surface area contributed by atoms with Crippen LogP contribution in [0.4, 0.5) is 0 Å². The molecule has 4 aromatic rings. The van der Waals surface area contributed by atoms with Gasteiger partial charge in [-0.25, -0.2) is 19.1 Å². The summed E-state index contributed by atoms with van der Waals surface area (Å²) >= 11 is 0. The van der Waals surface area contributed by atoms with Crippen molar-refractivity contribution in [2.24, 2.45) is 0 Å². The maximum absolute atomic E-state index is 14.5. The second-order valence-corrected chi connectivity index (χ2v) is 18.9. The third-order valence-electron chi connectivity index (χ3n) is 12.1. The van der Waals surface area contributed by atoms with Crippen LogP contribution in [-0.4, -0.2) is 133 Å². The molecule has 370 valence electrons. The minimum absolute atomic E-state index is 0.00588. The van der Waals surface area contributed by atoms with Crippen LogP contribution in [0.5, 0.6) is 11.5 Å². The Morgan fingerprint density at radius 3 is 2.04 bits per heavy atom. The Bertz CT molecular complexity index is 2530. The van der Waals surface area contributed by atoms with Gasteiger partial charge >= 0.3 is 19.5 Å². The van der Waals surface area contributed by atoms with Crippen molar-refractivity contribution in [1.29, 1.82) is 0 Å². The molecule has 0 bridgehead atoms. The number of pyridine rings is 2. The van der Waals surface area contributed by atoms with Gasteiger partial charge < -0.3 is 56.5 Å². The van der Waals surface area contributed by atoms with E-state index in [2.05, 4.69) is 0 Å². The topological polar surface area (TPSA) is 197 Å². The number of esters is 2. The molecule has 3 atom stereocenters. The van der Waals surface area contributed by atoms with Crippen molar-refractivity contribution in [2.75, 3.05) is 106 Å². The van der Waals surface area contributed by atoms with E-state index in [0.717, 1.165) is 22.0 Å². The molecule has 0 saturated heterocycles. The Morgan fingerprint density at radius 2 is 1.43 bits per heavy atom. The molecular formula is C49H63N2O16P. The average Bonchev–Trinajstić information content (AvgIpc) is 3.68. The molecule has 2 unspecified atom stereocenters. The van der Waals surface area contributed by atoms with Crippen molar-refractivity contribution in [3.05, 3.63) is 86.2 Å². The number of aromatic nitrogens is 2. The molecule has 3 aliphatic rings. The molecule has 0 N–H and O–H groups in total. The Balaban J connectivity index is 0.866. The maximum atomic E-state index is 14.5. The normalized spacial score (nSPS) is 19.1. The molecule has 0 spiro atoms. The predicted molar refractivity (Wildman–Crippen MR) is 249 cm³/mol. The highest BCUT2D eigenvalue weighted by Gasteiger charge is 2.52. The second kappa shape index (κ2) is 23.2. The van der Waals surface area contributed by atoms with Crippen molar-refractivity contribution in [3.8, 4) is 22.9 Å². The highest BCUT2D eigenvalue weighted by molar-refractivity contribution is 7.53. The number of benzene rings is 2. The second-order valence-electron chi connectivity index (χ2n) is 17.0. The van der Waals surface area contributed by atoms with Crippen molar-refractivity contribution >= 4 is 30.4 Å². The van der Waals surface area contributed by atoms with Crippen LogP contribution in [0, 0.1) is 13.8 Å². The molecule has 0 saturated carbocycles. The first-order valence-corrected chi connectivity index (χ1v) is 25.1. The van der Waals surface area contributed by atoms with E-state index in [4.69, 9.17) is 61.4 Å². The van der Waals surface area contributed by atoms with Crippen LogP contribution in [0.15, 0.2) is 47.3 Å². The molecule has 19 heteroatoms. The number of nitrogens with zero attached hydrogens (tertiary/aromatic N) is 2. The molecule has 68 heavy (non-hydrogen) atoms. The van der Waals surface area contributed by atoms with Crippen molar-refractivity contribution < 1.29 is 70.6 Å². The zero-order valence-corrected chi connectivity index (χ0v) is 40.7. The lowest BCUT2D eigenvalue weighted by molar-refractivity contribution is -0.169. The monoisotopic (exact) mass is 966 g/mol. The number of carbonyl (C=O) groups excluding carboxylic acids is 2. The predicted octanol–water partition coefficient (Wildman–Crippen LogP) is 6.00. The highest BCUT2D eigenvalue weighted by Crippen LogP contribution is 2.56. The van der Waals surface area contributed by atoms with Gasteiger partial charge in [-0.05, 0) is 69.0 Å². The number of hydrogen-bond donors (Lipinski definition) is 0. The Labute approximate surface area is 396 Å². The summed E-state index contributed by atoms with van der Waals surface area (Å²) in [6.07, 6.45) is 0.746. The number of para-hydroxylation sites is 1. The average molecular weight is 967 g/mol. The van der Waals surface area contributed by atoms with Gasteiger partial charge in [0.1, 0.15) is 24.7 Å². The summed E-state index contributed by atoms with van der Waals surface area (Å²) in [5, 5.41) is 0.949. The highest BCUT2D eigenvalue weighted by atomic mass is 31.2. The van der Waals surface area contributed by atoms with Crippen LogP contribution < -0.4 is 14.8 Å². The van der Waals surface area contributed by atoms with E-state index < -0.39 is 30.7 Å². The molecule has 7 rings (SSSR count). The van der Waals surface area contributed by atoms with Crippen LogP contribution in [0.3, 0.4) is 0 Å². The molecule has 0 amide bonds. The Morgan fingerprint density at radius 1 is 0.824 bits per heavy atom. The maximum Gasteiger partial charge on any atom is 0.377 e. The summed E-state index contributed by atoms with van der Waals surface area (Å²) in [6, 6.07) is 13.2. The summed E-state index contributed by atoms with van der Waals surface area (Å²) in [7, 11) is -2.51. The molecular weight excluding hydrogens is 904 g/mol. The first kappa shape index (κ1) is 51.1. The number of hydrogen-bond acceptors (Lipinski definition) is 17. The van der Waals surface area contributed by atoms with Crippen LogP contribution in [-0.2, 0) is 86.5 Å². The van der Waals surface area contributed by atoms with Crippen LogP contribution >= 0.6 is 7.60 Å². The summed E-state index contributed by atoms with van der Waals surface area (Å²) in [6.45, 7) is 14.1. The zero-order valence-electron chi connectivity index (χ0n) is 39.9. The van der Waals surface area contributed by atoms with Crippen LogP contribution in [0.25, 0.3) is 22.3 Å². The molecule has 2 aromatic carbocycles. The van der Waals surface area contributed by atoms with Gasteiger partial charge in [0, 0.05) is 42.3 Å². The summed E-state index contributed by atoms with van der Waals surface area (Å²) in [5.41, 5.74) is 1.83. The van der Waals surface area contributed by atoms with Gasteiger partial charge in [-0.15, -0.1) is 0 Å². The number of cyclic esters (lactones) is 1. The minimum Gasteiger partial charge on any atom is -0.476 e. The van der Waals surface area contributed by atoms with E-state index in [9.17, 15) is 18.9 Å². The number of rotatable bonds is 27. The number of ether oxygens (including phenoxy) is 10. The van der Waals surface area contributed by atoms with Gasteiger partial charge in [-0.3, -0.25) is 9.32 Å². The van der Waals surface area contributed by atoms with E-state index in [-0.39, 0.29) is 42.9 Å². The van der Waals surface area contributed by atoms with Gasteiger partial charge in [0.05, 0.1) is 115 Å². The zero-order chi connectivity index (χ0) is 48.3.